The van der Waals surface area contributed by atoms with E-state index < -0.39 is 0 Å². The molecule has 2 aromatic carbocycles. The molecule has 94 valence electrons. The second-order valence-electron chi connectivity index (χ2n) is 4.03. The smallest absolute Gasteiger partial charge is 0.163 e. The number of rotatable bonds is 4. The zero-order chi connectivity index (χ0) is 13.0. The van der Waals surface area contributed by atoms with E-state index in [1.54, 1.807) is 7.11 Å². The van der Waals surface area contributed by atoms with Gasteiger partial charge in [-0.25, -0.2) is 0 Å². The molecule has 0 bridgehead atoms. The van der Waals surface area contributed by atoms with Crippen molar-refractivity contribution in [1.29, 1.82) is 0 Å². The monoisotopic (exact) mass is 306 g/mol. The summed E-state index contributed by atoms with van der Waals surface area (Å²) in [5.41, 5.74) is 2.19. The maximum absolute atomic E-state index is 5.82. The van der Waals surface area contributed by atoms with Gasteiger partial charge in [-0.1, -0.05) is 46.3 Å². The molecule has 0 radical (unpaired) electrons. The van der Waals surface area contributed by atoms with Crippen LogP contribution in [0.1, 0.15) is 11.1 Å². The molecule has 0 aliphatic heterocycles. The van der Waals surface area contributed by atoms with E-state index in [1.165, 1.54) is 0 Å². The predicted octanol–water partition coefficient (Wildman–Crippen LogP) is 4.35. The Hall–Kier alpha value is -1.48. The van der Waals surface area contributed by atoms with Crippen LogP contribution in [0.15, 0.2) is 46.9 Å². The molecule has 2 rings (SSSR count). The van der Waals surface area contributed by atoms with E-state index in [0.29, 0.717) is 6.61 Å². The fraction of sp³-hybridized carbons (Fsp3) is 0.200. The van der Waals surface area contributed by atoms with Crippen molar-refractivity contribution in [2.75, 3.05) is 7.11 Å². The van der Waals surface area contributed by atoms with Crippen LogP contribution in [0.3, 0.4) is 0 Å². The number of hydrogen-bond donors (Lipinski definition) is 0. The Morgan fingerprint density at radius 1 is 1.11 bits per heavy atom. The van der Waals surface area contributed by atoms with Gasteiger partial charge < -0.3 is 9.47 Å². The van der Waals surface area contributed by atoms with Crippen molar-refractivity contribution in [3.05, 3.63) is 58.1 Å². The molecule has 0 unspecified atom stereocenters. The standard InChI is InChI=1S/C15H15BrO2/c1-11-8-13(16)9-14(15(11)17-2)18-10-12-6-4-3-5-7-12/h3-9H,10H2,1-2H3. The molecule has 0 saturated carbocycles. The van der Waals surface area contributed by atoms with Gasteiger partial charge in [-0.05, 0) is 30.2 Å². The van der Waals surface area contributed by atoms with E-state index in [1.807, 2.05) is 49.4 Å². The van der Waals surface area contributed by atoms with E-state index in [2.05, 4.69) is 15.9 Å². The van der Waals surface area contributed by atoms with Gasteiger partial charge in [0.25, 0.3) is 0 Å². The van der Waals surface area contributed by atoms with Gasteiger partial charge in [-0.3, -0.25) is 0 Å². The lowest BCUT2D eigenvalue weighted by atomic mass is 10.2. The van der Waals surface area contributed by atoms with E-state index in [4.69, 9.17) is 9.47 Å². The maximum atomic E-state index is 5.82. The minimum absolute atomic E-state index is 0.535. The molecular formula is C15H15BrO2. The molecule has 0 aromatic heterocycles. The highest BCUT2D eigenvalue weighted by molar-refractivity contribution is 9.10. The number of methoxy groups -OCH3 is 1. The lowest BCUT2D eigenvalue weighted by Crippen LogP contribution is -1.98. The summed E-state index contributed by atoms with van der Waals surface area (Å²) in [7, 11) is 1.66. The lowest BCUT2D eigenvalue weighted by Gasteiger charge is -2.13. The summed E-state index contributed by atoms with van der Waals surface area (Å²) in [5, 5.41) is 0. The third kappa shape index (κ3) is 3.05. The lowest BCUT2D eigenvalue weighted by molar-refractivity contribution is 0.283. The number of ether oxygens (including phenoxy) is 2. The van der Waals surface area contributed by atoms with Crippen LogP contribution in [0, 0.1) is 6.92 Å². The molecule has 2 aromatic rings. The SMILES string of the molecule is COc1c(C)cc(Br)cc1OCc1ccccc1. The minimum atomic E-state index is 0.535. The first kappa shape index (κ1) is 13.0. The Labute approximate surface area is 116 Å². The van der Waals surface area contributed by atoms with Crippen molar-refractivity contribution in [1.82, 2.24) is 0 Å². The van der Waals surface area contributed by atoms with Crippen molar-refractivity contribution in [3.63, 3.8) is 0 Å². The van der Waals surface area contributed by atoms with Gasteiger partial charge in [0.15, 0.2) is 11.5 Å². The number of aryl methyl sites for hydroxylation is 1. The summed E-state index contributed by atoms with van der Waals surface area (Å²) in [4.78, 5) is 0. The normalized spacial score (nSPS) is 10.2. The van der Waals surface area contributed by atoms with Crippen LogP contribution >= 0.6 is 15.9 Å². The van der Waals surface area contributed by atoms with Crippen molar-refractivity contribution < 1.29 is 9.47 Å². The third-order valence-electron chi connectivity index (χ3n) is 2.65. The minimum Gasteiger partial charge on any atom is -0.493 e. The Bertz CT molecular complexity index is 524. The predicted molar refractivity (Wildman–Crippen MR) is 76.2 cm³/mol. The Balaban J connectivity index is 2.18. The van der Waals surface area contributed by atoms with Crippen LogP contribution < -0.4 is 9.47 Å². The summed E-state index contributed by atoms with van der Waals surface area (Å²) in [6, 6.07) is 14.0. The maximum Gasteiger partial charge on any atom is 0.163 e. The van der Waals surface area contributed by atoms with Gasteiger partial charge >= 0.3 is 0 Å². The average molecular weight is 307 g/mol. The van der Waals surface area contributed by atoms with Crippen LogP contribution in [0.2, 0.25) is 0 Å². The number of hydrogen-bond acceptors (Lipinski definition) is 2. The van der Waals surface area contributed by atoms with Gasteiger partial charge in [0.1, 0.15) is 6.61 Å². The molecule has 0 N–H and O–H groups in total. The van der Waals surface area contributed by atoms with Crippen molar-refractivity contribution >= 4 is 15.9 Å². The van der Waals surface area contributed by atoms with Gasteiger partial charge in [-0.15, -0.1) is 0 Å². The van der Waals surface area contributed by atoms with Crippen LogP contribution in [-0.2, 0) is 6.61 Å². The Morgan fingerprint density at radius 3 is 2.50 bits per heavy atom. The molecule has 0 fully saturated rings. The van der Waals surface area contributed by atoms with E-state index in [0.717, 1.165) is 27.1 Å². The fourth-order valence-corrected chi connectivity index (χ4v) is 2.35. The molecule has 0 amide bonds. The zero-order valence-corrected chi connectivity index (χ0v) is 12.0. The highest BCUT2D eigenvalue weighted by Gasteiger charge is 2.09. The first-order valence-electron chi connectivity index (χ1n) is 5.71. The molecule has 0 saturated heterocycles. The molecule has 0 aliphatic rings. The van der Waals surface area contributed by atoms with Crippen LogP contribution in [-0.4, -0.2) is 7.11 Å². The van der Waals surface area contributed by atoms with Crippen LogP contribution in [0.4, 0.5) is 0 Å². The van der Waals surface area contributed by atoms with E-state index in [-0.39, 0.29) is 0 Å². The van der Waals surface area contributed by atoms with Crippen molar-refractivity contribution in [2.24, 2.45) is 0 Å². The zero-order valence-electron chi connectivity index (χ0n) is 10.4. The quantitative estimate of drug-likeness (QED) is 0.836. The van der Waals surface area contributed by atoms with Gasteiger partial charge in [0, 0.05) is 4.47 Å². The highest BCUT2D eigenvalue weighted by Crippen LogP contribution is 2.34. The van der Waals surface area contributed by atoms with Gasteiger partial charge in [0.05, 0.1) is 7.11 Å². The molecule has 0 aliphatic carbocycles. The third-order valence-corrected chi connectivity index (χ3v) is 3.10. The summed E-state index contributed by atoms with van der Waals surface area (Å²) in [6.45, 7) is 2.53. The summed E-state index contributed by atoms with van der Waals surface area (Å²) in [6.07, 6.45) is 0. The topological polar surface area (TPSA) is 18.5 Å². The van der Waals surface area contributed by atoms with Crippen LogP contribution in [0.25, 0.3) is 0 Å². The van der Waals surface area contributed by atoms with E-state index >= 15 is 0 Å². The van der Waals surface area contributed by atoms with Crippen LogP contribution in [0.5, 0.6) is 11.5 Å². The molecule has 2 nitrogen and oxygen atoms in total. The summed E-state index contributed by atoms with van der Waals surface area (Å²) >= 11 is 3.47. The fourth-order valence-electron chi connectivity index (χ4n) is 1.80. The molecule has 0 atom stereocenters. The second-order valence-corrected chi connectivity index (χ2v) is 4.94. The van der Waals surface area contributed by atoms with Crippen molar-refractivity contribution in [3.8, 4) is 11.5 Å². The summed E-state index contributed by atoms with van der Waals surface area (Å²) < 4.78 is 12.2. The summed E-state index contributed by atoms with van der Waals surface area (Å²) in [5.74, 6) is 1.54. The first-order chi connectivity index (χ1) is 8.70. The number of benzene rings is 2. The first-order valence-corrected chi connectivity index (χ1v) is 6.51. The molecule has 0 heterocycles. The Kier molecular flexibility index (Phi) is 4.26. The Morgan fingerprint density at radius 2 is 1.83 bits per heavy atom. The average Bonchev–Trinajstić information content (AvgIpc) is 2.37. The molecule has 3 heteroatoms. The van der Waals surface area contributed by atoms with Crippen molar-refractivity contribution in [2.45, 2.75) is 13.5 Å². The number of halogens is 1. The second kappa shape index (κ2) is 5.91. The molecule has 18 heavy (non-hydrogen) atoms. The molecule has 0 spiro atoms. The molecular weight excluding hydrogens is 292 g/mol. The van der Waals surface area contributed by atoms with Gasteiger partial charge in [-0.2, -0.15) is 0 Å². The van der Waals surface area contributed by atoms with E-state index in [9.17, 15) is 0 Å². The largest absolute Gasteiger partial charge is 0.493 e. The van der Waals surface area contributed by atoms with Gasteiger partial charge in [0.2, 0.25) is 0 Å². The highest BCUT2D eigenvalue weighted by atomic mass is 79.9.